The molecule has 0 unspecified atom stereocenters. The summed E-state index contributed by atoms with van der Waals surface area (Å²) >= 11 is 3.42. The van der Waals surface area contributed by atoms with Crippen LogP contribution >= 0.6 is 15.9 Å². The number of fused-ring (bicyclic) bond motifs is 10. The van der Waals surface area contributed by atoms with Crippen LogP contribution in [0.1, 0.15) is 20.7 Å². The molecule has 0 fully saturated rings. The molecule has 0 bridgehead atoms. The number of hydrogen-bond donors (Lipinski definition) is 2. The van der Waals surface area contributed by atoms with Gasteiger partial charge in [0, 0.05) is 31.5 Å². The number of carbonyl (C=O) groups excluding carboxylic acids is 2. The second-order valence-corrected chi connectivity index (χ2v) is 7.46. The van der Waals surface area contributed by atoms with Gasteiger partial charge < -0.3 is 9.40 Å². The predicted octanol–water partition coefficient (Wildman–Crippen LogP) is 4.97. The van der Waals surface area contributed by atoms with Crippen LogP contribution in [0.4, 0.5) is 0 Å². The summed E-state index contributed by atoms with van der Waals surface area (Å²) in [6.07, 6.45) is 0. The van der Waals surface area contributed by atoms with Crippen molar-refractivity contribution in [2.24, 2.45) is 0 Å². The molecule has 1 aliphatic heterocycles. The van der Waals surface area contributed by atoms with Crippen LogP contribution in [0.2, 0.25) is 0 Å². The molecule has 3 heterocycles. The van der Waals surface area contributed by atoms with Crippen LogP contribution in [-0.4, -0.2) is 27.1 Å². The number of para-hydroxylation sites is 1. The molecule has 0 atom stereocenters. The fraction of sp³-hybridized carbons (Fsp3) is 0. The van der Waals surface area contributed by atoms with Gasteiger partial charge in [0.25, 0.3) is 11.8 Å². The van der Waals surface area contributed by atoms with Crippen LogP contribution in [-0.2, 0) is 0 Å². The molecule has 2 aromatic heterocycles. The first kappa shape index (κ1) is 15.0. The lowest BCUT2D eigenvalue weighted by Gasteiger charge is -2.01. The Morgan fingerprint density at radius 3 is 2.52 bits per heavy atom. The Morgan fingerprint density at radius 2 is 1.70 bits per heavy atom. The van der Waals surface area contributed by atoms with E-state index in [1.807, 2.05) is 42.5 Å². The van der Waals surface area contributed by atoms with Crippen molar-refractivity contribution in [3.8, 4) is 0 Å². The molecule has 0 aliphatic carbocycles. The predicted molar refractivity (Wildman–Crippen MR) is 103 cm³/mol. The van der Waals surface area contributed by atoms with Gasteiger partial charge in [-0.3, -0.25) is 14.8 Å². The van der Waals surface area contributed by atoms with Crippen LogP contribution in [0.15, 0.2) is 51.4 Å². The zero-order chi connectivity index (χ0) is 18.4. The summed E-state index contributed by atoms with van der Waals surface area (Å²) in [6, 6.07) is 13.0. The van der Waals surface area contributed by atoms with Crippen LogP contribution < -0.4 is 0 Å². The molecule has 2 amide bonds. The van der Waals surface area contributed by atoms with Crippen molar-refractivity contribution in [2.45, 2.75) is 0 Å². The van der Waals surface area contributed by atoms with E-state index in [9.17, 15) is 14.8 Å². The lowest BCUT2D eigenvalue weighted by molar-refractivity contribution is -0.0325. The first-order valence-electron chi connectivity index (χ1n) is 8.22. The number of rotatable bonds is 0. The topological polar surface area (TPSA) is 86.5 Å². The summed E-state index contributed by atoms with van der Waals surface area (Å²) in [5.41, 5.74) is 2.91. The molecule has 0 radical (unpaired) electrons. The van der Waals surface area contributed by atoms with Crippen molar-refractivity contribution in [1.29, 1.82) is 0 Å². The van der Waals surface area contributed by atoms with Crippen LogP contribution in [0.5, 0.6) is 0 Å². The van der Waals surface area contributed by atoms with Gasteiger partial charge in [-0.1, -0.05) is 34.1 Å². The van der Waals surface area contributed by atoms with Gasteiger partial charge >= 0.3 is 0 Å². The van der Waals surface area contributed by atoms with Crippen molar-refractivity contribution in [3.05, 3.63) is 58.1 Å². The molecular weight excluding hydrogens is 412 g/mol. The number of benzene rings is 3. The monoisotopic (exact) mass is 420 g/mol. The van der Waals surface area contributed by atoms with Crippen LogP contribution in [0, 0.1) is 0 Å². The third-order valence-corrected chi connectivity index (χ3v) is 5.64. The highest BCUT2D eigenvalue weighted by molar-refractivity contribution is 9.10. The van der Waals surface area contributed by atoms with Crippen molar-refractivity contribution >= 4 is 71.5 Å². The summed E-state index contributed by atoms with van der Waals surface area (Å²) in [6.45, 7) is 0. The number of H-pyrrole nitrogens is 1. The van der Waals surface area contributed by atoms with Gasteiger partial charge in [-0.05, 0) is 24.3 Å². The minimum Gasteiger partial charge on any atom is -0.454 e. The van der Waals surface area contributed by atoms with Gasteiger partial charge in [-0.25, -0.2) is 0 Å². The van der Waals surface area contributed by atoms with Gasteiger partial charge in [-0.2, -0.15) is 0 Å². The fourth-order valence-corrected chi connectivity index (χ4v) is 4.39. The molecular formula is C20H9BrN2O4. The average Bonchev–Trinajstić information content (AvgIpc) is 3.28. The maximum Gasteiger partial charge on any atom is 0.286 e. The maximum atomic E-state index is 12.7. The number of nitrogens with zero attached hydrogens (tertiary/aromatic N) is 1. The molecule has 27 heavy (non-hydrogen) atoms. The smallest absolute Gasteiger partial charge is 0.286 e. The van der Waals surface area contributed by atoms with E-state index >= 15 is 0 Å². The number of halogens is 1. The highest BCUT2D eigenvalue weighted by atomic mass is 79.9. The Hall–Kier alpha value is -3.16. The highest BCUT2D eigenvalue weighted by Gasteiger charge is 2.41. The Morgan fingerprint density at radius 1 is 0.963 bits per heavy atom. The van der Waals surface area contributed by atoms with Crippen LogP contribution in [0.25, 0.3) is 43.7 Å². The number of furan rings is 1. The van der Waals surface area contributed by atoms with E-state index in [1.165, 1.54) is 0 Å². The number of carbonyl (C=O) groups is 2. The molecule has 6 rings (SSSR count). The molecule has 5 aromatic rings. The zero-order valence-electron chi connectivity index (χ0n) is 13.5. The van der Waals surface area contributed by atoms with Crippen LogP contribution in [0.3, 0.4) is 0 Å². The molecule has 0 saturated carbocycles. The summed E-state index contributed by atoms with van der Waals surface area (Å²) in [7, 11) is 0. The van der Waals surface area contributed by atoms with E-state index in [2.05, 4.69) is 20.9 Å². The first-order valence-corrected chi connectivity index (χ1v) is 9.01. The van der Waals surface area contributed by atoms with Crippen molar-refractivity contribution in [2.75, 3.05) is 0 Å². The van der Waals surface area contributed by atoms with Gasteiger partial charge in [-0.15, -0.1) is 5.06 Å². The molecule has 6 nitrogen and oxygen atoms in total. The van der Waals surface area contributed by atoms with Gasteiger partial charge in [0.05, 0.1) is 16.6 Å². The standard InChI is InChI=1S/C20H9BrN2O4/c21-8-5-6-10-12(7-8)27-18-14(10)16-15(19(24)23(26)20(16)25)13-9-3-1-2-4-11(9)22-17(13)18/h1-7,22,26H. The summed E-state index contributed by atoms with van der Waals surface area (Å²) in [5.74, 6) is -1.46. The van der Waals surface area contributed by atoms with Gasteiger partial charge in [0.1, 0.15) is 5.58 Å². The Kier molecular flexibility index (Phi) is 2.64. The highest BCUT2D eigenvalue weighted by Crippen LogP contribution is 2.44. The van der Waals surface area contributed by atoms with E-state index in [-0.39, 0.29) is 16.2 Å². The normalized spacial score (nSPS) is 14.4. The lowest BCUT2D eigenvalue weighted by atomic mass is 9.97. The van der Waals surface area contributed by atoms with E-state index in [1.54, 1.807) is 0 Å². The van der Waals surface area contributed by atoms with Gasteiger partial charge in [0.15, 0.2) is 5.58 Å². The SMILES string of the molecule is O=C1c2c(c3c4ccc(Br)cc4oc3c3[nH]c4ccccc4c23)C(=O)N1O. The third kappa shape index (κ3) is 1.68. The second kappa shape index (κ2) is 4.76. The Balaban J connectivity index is 2.00. The number of hydrogen-bond acceptors (Lipinski definition) is 4. The first-order chi connectivity index (χ1) is 13.1. The van der Waals surface area contributed by atoms with E-state index in [0.29, 0.717) is 32.8 Å². The van der Waals surface area contributed by atoms with Crippen molar-refractivity contribution < 1.29 is 19.2 Å². The lowest BCUT2D eigenvalue weighted by Crippen LogP contribution is -2.25. The quantitative estimate of drug-likeness (QED) is 0.273. The third-order valence-electron chi connectivity index (χ3n) is 5.15. The van der Waals surface area contributed by atoms with E-state index in [0.717, 1.165) is 15.4 Å². The second-order valence-electron chi connectivity index (χ2n) is 6.54. The summed E-state index contributed by atoms with van der Waals surface area (Å²) in [5, 5.41) is 12.9. The minimum atomic E-state index is -0.738. The average molecular weight is 421 g/mol. The largest absolute Gasteiger partial charge is 0.454 e. The molecule has 2 N–H and O–H groups in total. The molecule has 7 heteroatoms. The number of amides is 2. The maximum absolute atomic E-state index is 12.7. The number of imide groups is 1. The zero-order valence-corrected chi connectivity index (χ0v) is 15.1. The molecule has 3 aromatic carbocycles. The fourth-order valence-electron chi connectivity index (χ4n) is 4.05. The summed E-state index contributed by atoms with van der Waals surface area (Å²) < 4.78 is 6.93. The van der Waals surface area contributed by atoms with Crippen molar-refractivity contribution in [3.63, 3.8) is 0 Å². The van der Waals surface area contributed by atoms with Crippen molar-refractivity contribution in [1.82, 2.24) is 10.0 Å². The number of aromatic nitrogens is 1. The van der Waals surface area contributed by atoms with E-state index < -0.39 is 11.8 Å². The Labute approximate surface area is 159 Å². The minimum absolute atomic E-state index is 0.177. The van der Waals surface area contributed by atoms with Gasteiger partial charge in [0.2, 0.25) is 0 Å². The molecule has 1 aliphatic rings. The molecule has 0 spiro atoms. The number of nitrogens with one attached hydrogen (secondary N) is 1. The number of aromatic amines is 1. The summed E-state index contributed by atoms with van der Waals surface area (Å²) in [4.78, 5) is 28.8. The molecule has 0 saturated heterocycles. The molecule has 130 valence electrons. The van der Waals surface area contributed by atoms with E-state index in [4.69, 9.17) is 4.42 Å². The Bertz CT molecular complexity index is 1490. The number of hydroxylamine groups is 2.